The maximum atomic E-state index is 12.3. The summed E-state index contributed by atoms with van der Waals surface area (Å²) in [6, 6.07) is 0. The Balaban J connectivity index is 0. The first-order chi connectivity index (χ1) is 21.1. The number of alkyl carbamates (subject to hydrolysis) is 1. The van der Waals surface area contributed by atoms with Crippen molar-refractivity contribution in [3.63, 3.8) is 0 Å². The summed E-state index contributed by atoms with van der Waals surface area (Å²) in [5.74, 6) is -0.292. The monoisotopic (exact) mass is 696 g/mol. The summed E-state index contributed by atoms with van der Waals surface area (Å²) in [5, 5.41) is 5.35. The van der Waals surface area contributed by atoms with E-state index >= 15 is 0 Å². The second-order valence-electron chi connectivity index (χ2n) is 9.42. The number of carbonyl (C=O) groups is 2. The first-order valence-corrected chi connectivity index (χ1v) is 15.4. The molecule has 16 heteroatoms. The normalized spacial score (nSPS) is 17.3. The molecule has 1 aromatic heterocycles. The van der Waals surface area contributed by atoms with Crippen molar-refractivity contribution >= 4 is 21.0 Å². The molecule has 2 rings (SSSR count). The van der Waals surface area contributed by atoms with Crippen LogP contribution in [-0.4, -0.2) is 72.6 Å². The SMILES string of the molecule is [C-]#[N+]CCOPO[C@H](C[N+]#[C-])CC(=O)NCCCNC(=O)OC1C[C@H](n2cc(C)c(=O)[nH]c2=O)O[C@@H]1CC.[CH2-]CC.[CH2-]CC.[Ni+2]. The van der Waals surface area contributed by atoms with Crippen LogP contribution in [0.2, 0.25) is 0 Å². The van der Waals surface area contributed by atoms with Gasteiger partial charge in [-0.15, -0.1) is 0 Å². The van der Waals surface area contributed by atoms with Gasteiger partial charge in [0.2, 0.25) is 19.0 Å². The van der Waals surface area contributed by atoms with Gasteiger partial charge in [-0.3, -0.25) is 19.1 Å². The number of H-pyrrole nitrogens is 1. The Hall–Kier alpha value is -2.80. The van der Waals surface area contributed by atoms with Crippen molar-refractivity contribution in [3.05, 3.63) is 69.3 Å². The molecule has 1 aromatic rings. The Morgan fingerprint density at radius 3 is 2.42 bits per heavy atom. The van der Waals surface area contributed by atoms with Gasteiger partial charge in [0, 0.05) is 31.3 Å². The van der Waals surface area contributed by atoms with E-state index in [2.05, 4.69) is 39.2 Å². The fourth-order valence-corrected chi connectivity index (χ4v) is 4.14. The summed E-state index contributed by atoms with van der Waals surface area (Å²) in [6.45, 7) is 29.2. The number of aromatic amines is 1. The van der Waals surface area contributed by atoms with Crippen LogP contribution in [0.5, 0.6) is 0 Å². The number of amides is 2. The Morgan fingerprint density at radius 2 is 1.82 bits per heavy atom. The Labute approximate surface area is 278 Å². The minimum Gasteiger partial charge on any atom is -0.443 e. The number of nitrogens with zero attached hydrogens (tertiary/aromatic N) is 3. The molecule has 256 valence electrons. The molecule has 0 saturated carbocycles. The van der Waals surface area contributed by atoms with E-state index in [0.29, 0.717) is 24.9 Å². The van der Waals surface area contributed by atoms with E-state index in [4.69, 9.17) is 31.7 Å². The molecule has 1 saturated heterocycles. The van der Waals surface area contributed by atoms with Gasteiger partial charge in [0.1, 0.15) is 25.0 Å². The van der Waals surface area contributed by atoms with Gasteiger partial charge in [0.15, 0.2) is 9.03 Å². The van der Waals surface area contributed by atoms with E-state index in [9.17, 15) is 19.2 Å². The zero-order valence-electron chi connectivity index (χ0n) is 26.5. The van der Waals surface area contributed by atoms with Gasteiger partial charge in [0.05, 0.1) is 12.5 Å². The molecule has 2 amide bonds. The average molecular weight is 697 g/mol. The van der Waals surface area contributed by atoms with Crippen molar-refractivity contribution in [2.75, 3.05) is 32.8 Å². The summed E-state index contributed by atoms with van der Waals surface area (Å²) >= 11 is 0. The number of rotatable bonds is 15. The molecule has 0 aliphatic carbocycles. The Morgan fingerprint density at radius 1 is 1.18 bits per heavy atom. The fraction of sp³-hybridized carbons (Fsp3) is 0.655. The van der Waals surface area contributed by atoms with Gasteiger partial charge in [-0.2, -0.15) is 12.8 Å². The number of hydrogen-bond donors (Lipinski definition) is 3. The van der Waals surface area contributed by atoms with Crippen LogP contribution in [0.4, 0.5) is 4.79 Å². The molecular formula is C29H47N6NiO8P. The summed E-state index contributed by atoms with van der Waals surface area (Å²) in [4.78, 5) is 56.9. The standard InChI is InChI=1S/C23H33N6O8P.2C3H7.Ni/c1-5-17-18(12-20(35-17)29-14-15(2)21(31)28-22(29)32)36-23(33)27-8-6-7-26-19(30)11-16(13-25-4)37-38-34-10-9-24-3;2*1-3-2;/h14,16-18,20,38H,5-13H2,1-2H3,(H,26,30)(H,27,33)(H,28,31,32);2*1,3H2,2H3;/q;2*-1;+2/t16-,17+,18?,20+;;;/m0.../s1. The van der Waals surface area contributed by atoms with Crippen molar-refractivity contribution < 1.29 is 44.6 Å². The largest absolute Gasteiger partial charge is 2.00 e. The van der Waals surface area contributed by atoms with Gasteiger partial charge < -0.3 is 52.7 Å². The molecule has 3 N–H and O–H groups in total. The van der Waals surface area contributed by atoms with Gasteiger partial charge in [0.25, 0.3) is 5.56 Å². The van der Waals surface area contributed by atoms with E-state index in [1.165, 1.54) is 10.8 Å². The smallest absolute Gasteiger partial charge is 0.443 e. The van der Waals surface area contributed by atoms with E-state index in [0.717, 1.165) is 12.8 Å². The maximum Gasteiger partial charge on any atom is 2.00 e. The molecule has 0 spiro atoms. The van der Waals surface area contributed by atoms with Crippen LogP contribution in [0.25, 0.3) is 9.69 Å². The van der Waals surface area contributed by atoms with Crippen LogP contribution in [0, 0.1) is 33.9 Å². The number of carbonyl (C=O) groups excluding carboxylic acids is 2. The molecule has 5 atom stereocenters. The summed E-state index contributed by atoms with van der Waals surface area (Å²) in [5.41, 5.74) is -0.688. The van der Waals surface area contributed by atoms with E-state index in [1.54, 1.807) is 6.92 Å². The Kier molecular flexibility index (Phi) is 27.1. The molecule has 1 aliphatic rings. The molecule has 2 heterocycles. The van der Waals surface area contributed by atoms with Crippen molar-refractivity contribution in [1.82, 2.24) is 20.2 Å². The number of hydrogen-bond acceptors (Lipinski definition) is 8. The van der Waals surface area contributed by atoms with Crippen molar-refractivity contribution in [3.8, 4) is 0 Å². The van der Waals surface area contributed by atoms with E-state index in [-0.39, 0.29) is 70.5 Å². The van der Waals surface area contributed by atoms with Gasteiger partial charge >= 0.3 is 28.3 Å². The summed E-state index contributed by atoms with van der Waals surface area (Å²) in [6.07, 6.45) is 1.79. The molecule has 0 aromatic carbocycles. The molecule has 2 unspecified atom stereocenters. The molecule has 1 aliphatic heterocycles. The molecule has 0 bridgehead atoms. The predicted molar refractivity (Wildman–Crippen MR) is 169 cm³/mol. The van der Waals surface area contributed by atoms with Crippen molar-refractivity contribution in [2.24, 2.45) is 0 Å². The molecule has 14 nitrogen and oxygen atoms in total. The third-order valence-corrected chi connectivity index (χ3v) is 6.28. The molecule has 0 radical (unpaired) electrons. The van der Waals surface area contributed by atoms with Crippen LogP contribution in [0.3, 0.4) is 0 Å². The second-order valence-corrected chi connectivity index (χ2v) is 10.1. The third-order valence-electron chi connectivity index (χ3n) is 5.53. The predicted octanol–water partition coefficient (Wildman–Crippen LogP) is 3.74. The van der Waals surface area contributed by atoms with Crippen molar-refractivity contribution in [1.29, 1.82) is 0 Å². The van der Waals surface area contributed by atoms with Gasteiger partial charge in [-0.1, -0.05) is 20.8 Å². The van der Waals surface area contributed by atoms with E-state index < -0.39 is 41.9 Å². The second kappa shape index (κ2) is 27.5. The quantitative estimate of drug-likeness (QED) is 0.108. The Bertz CT molecular complexity index is 1170. The summed E-state index contributed by atoms with van der Waals surface area (Å²) < 4.78 is 23.2. The fourth-order valence-electron chi connectivity index (χ4n) is 3.60. The van der Waals surface area contributed by atoms with E-state index in [1.807, 2.05) is 20.8 Å². The molecule has 1 fully saturated rings. The zero-order chi connectivity index (χ0) is 33.3. The zero-order valence-corrected chi connectivity index (χ0v) is 28.5. The minimum atomic E-state index is -0.669. The molecule has 45 heavy (non-hydrogen) atoms. The number of aromatic nitrogens is 2. The van der Waals surface area contributed by atoms with Crippen LogP contribution in [-0.2, 0) is 39.8 Å². The first kappa shape index (κ1) is 44.3. The van der Waals surface area contributed by atoms with Gasteiger partial charge in [-0.25, -0.2) is 22.7 Å². The third kappa shape index (κ3) is 19.4. The van der Waals surface area contributed by atoms with Crippen LogP contribution >= 0.6 is 9.03 Å². The maximum absolute atomic E-state index is 12.3. The number of aryl methyl sites for hydroxylation is 1. The van der Waals surface area contributed by atoms with Crippen LogP contribution < -0.4 is 21.9 Å². The van der Waals surface area contributed by atoms with Crippen LogP contribution in [0.1, 0.15) is 71.1 Å². The number of ether oxygens (including phenoxy) is 2. The average Bonchev–Trinajstić information content (AvgIpc) is 3.37. The van der Waals surface area contributed by atoms with Gasteiger partial charge in [-0.05, 0) is 19.8 Å². The minimum absolute atomic E-state index is 0. The summed E-state index contributed by atoms with van der Waals surface area (Å²) in [7, 11) is -0.349. The topological polar surface area (TPSA) is 159 Å². The molecular weight excluding hydrogens is 650 g/mol. The first-order valence-electron chi connectivity index (χ1n) is 14.6. The van der Waals surface area contributed by atoms with Crippen LogP contribution in [0.15, 0.2) is 15.8 Å². The van der Waals surface area contributed by atoms with Crippen molar-refractivity contribution in [2.45, 2.75) is 90.8 Å². The number of nitrogens with one attached hydrogen (secondary N) is 3.